The molecule has 0 saturated carbocycles. The van der Waals surface area contributed by atoms with Crippen molar-refractivity contribution in [3.05, 3.63) is 0 Å². The van der Waals surface area contributed by atoms with Crippen molar-refractivity contribution in [2.45, 2.75) is 6.92 Å². The van der Waals surface area contributed by atoms with E-state index in [0.717, 1.165) is 6.92 Å². The quantitative estimate of drug-likeness (QED) is 0.340. The van der Waals surface area contributed by atoms with Crippen molar-refractivity contribution in [1.29, 1.82) is 0 Å². The summed E-state index contributed by atoms with van der Waals surface area (Å²) in [4.78, 5) is 26.0. The van der Waals surface area contributed by atoms with Crippen LogP contribution in [-0.2, 0) is 18.6 Å². The number of rotatable bonds is 3. The highest BCUT2D eigenvalue weighted by Gasteiger charge is 2.13. The molecule has 0 aromatic carbocycles. The summed E-state index contributed by atoms with van der Waals surface area (Å²) in [5, 5.41) is 0. The molecular formula is C3H7O6P. The molecule has 0 aromatic heterocycles. The summed E-state index contributed by atoms with van der Waals surface area (Å²) in [6.45, 7) is 0.378. The Labute approximate surface area is 57.0 Å². The van der Waals surface area contributed by atoms with E-state index in [1.807, 2.05) is 0 Å². The largest absolute Gasteiger partial charge is 0.472 e. The van der Waals surface area contributed by atoms with Gasteiger partial charge in [0.1, 0.15) is 0 Å². The maximum absolute atomic E-state index is 9.97. The summed E-state index contributed by atoms with van der Waals surface area (Å²) in [5.41, 5.74) is 0. The molecule has 0 aliphatic carbocycles. The summed E-state index contributed by atoms with van der Waals surface area (Å²) >= 11 is 0. The maximum atomic E-state index is 9.97. The van der Waals surface area contributed by atoms with Crippen LogP contribution in [0, 0.1) is 0 Å². The van der Waals surface area contributed by atoms with Gasteiger partial charge in [0.05, 0.1) is 0 Å². The van der Waals surface area contributed by atoms with Gasteiger partial charge >= 0.3 is 13.8 Å². The molecule has 60 valence electrons. The maximum Gasteiger partial charge on any atom is 0.472 e. The van der Waals surface area contributed by atoms with E-state index < -0.39 is 20.6 Å². The van der Waals surface area contributed by atoms with Gasteiger partial charge in [-0.05, 0) is 0 Å². The van der Waals surface area contributed by atoms with Crippen LogP contribution in [0.4, 0.5) is 0 Å². The molecule has 0 rings (SSSR count). The monoisotopic (exact) mass is 170 g/mol. The topological polar surface area (TPSA) is 93.1 Å². The minimum atomic E-state index is -4.50. The summed E-state index contributed by atoms with van der Waals surface area (Å²) in [6, 6.07) is 0. The highest BCUT2D eigenvalue weighted by molar-refractivity contribution is 7.46. The van der Waals surface area contributed by atoms with E-state index in [0.29, 0.717) is 0 Å². The molecule has 0 saturated heterocycles. The lowest BCUT2D eigenvalue weighted by atomic mass is 10.8. The van der Waals surface area contributed by atoms with Crippen LogP contribution in [0.5, 0.6) is 0 Å². The fraction of sp³-hybridized carbons (Fsp3) is 0.667. The average Bonchev–Trinajstić information content (AvgIpc) is 1.59. The normalized spacial score (nSPS) is 11.1. The molecular weight excluding hydrogens is 163 g/mol. The average molecular weight is 170 g/mol. The molecule has 0 unspecified atom stereocenters. The van der Waals surface area contributed by atoms with E-state index in [4.69, 9.17) is 9.79 Å². The number of esters is 1. The molecule has 6 nitrogen and oxygen atoms in total. The van der Waals surface area contributed by atoms with Gasteiger partial charge in [0, 0.05) is 6.92 Å². The van der Waals surface area contributed by atoms with Crippen molar-refractivity contribution in [1.82, 2.24) is 0 Å². The number of carbonyl (C=O) groups is 1. The van der Waals surface area contributed by atoms with E-state index >= 15 is 0 Å². The molecule has 2 N–H and O–H groups in total. The summed E-state index contributed by atoms with van der Waals surface area (Å²) < 4.78 is 17.7. The van der Waals surface area contributed by atoms with Gasteiger partial charge in [0.15, 0.2) is 0 Å². The lowest BCUT2D eigenvalue weighted by Gasteiger charge is -2.03. The third-order valence-electron chi connectivity index (χ3n) is 0.483. The Morgan fingerprint density at radius 3 is 2.40 bits per heavy atom. The van der Waals surface area contributed by atoms with Crippen LogP contribution < -0.4 is 0 Å². The molecule has 7 heteroatoms. The molecule has 0 amide bonds. The Kier molecular flexibility index (Phi) is 3.52. The third-order valence-corrected chi connectivity index (χ3v) is 0.925. The van der Waals surface area contributed by atoms with Gasteiger partial charge < -0.3 is 14.5 Å². The fourth-order valence-corrected chi connectivity index (χ4v) is 0.368. The SMILES string of the molecule is CC(=O)OCOP(=O)(O)O. The minimum absolute atomic E-state index is 0.659. The van der Waals surface area contributed by atoms with E-state index in [-0.39, 0.29) is 0 Å². The van der Waals surface area contributed by atoms with E-state index in [9.17, 15) is 9.36 Å². The van der Waals surface area contributed by atoms with Gasteiger partial charge in [-0.15, -0.1) is 0 Å². The lowest BCUT2D eigenvalue weighted by molar-refractivity contribution is -0.148. The summed E-state index contributed by atoms with van der Waals surface area (Å²) in [6.07, 6.45) is 0. The van der Waals surface area contributed by atoms with Gasteiger partial charge in [-0.2, -0.15) is 0 Å². The molecule has 0 heterocycles. The number of hydrogen-bond donors (Lipinski definition) is 2. The molecule has 0 fully saturated rings. The molecule has 0 aliphatic heterocycles. The highest BCUT2D eigenvalue weighted by Crippen LogP contribution is 2.35. The van der Waals surface area contributed by atoms with Crippen molar-refractivity contribution < 1.29 is 28.4 Å². The first-order valence-corrected chi connectivity index (χ1v) is 3.78. The van der Waals surface area contributed by atoms with Gasteiger partial charge in [-0.25, -0.2) is 9.09 Å². The van der Waals surface area contributed by atoms with Crippen molar-refractivity contribution in [2.75, 3.05) is 6.79 Å². The Hall–Kier alpha value is -0.420. The predicted molar refractivity (Wildman–Crippen MR) is 29.8 cm³/mol. The fourth-order valence-electron chi connectivity index (χ4n) is 0.178. The van der Waals surface area contributed by atoms with Crippen molar-refractivity contribution in [3.63, 3.8) is 0 Å². The first kappa shape index (κ1) is 9.58. The van der Waals surface area contributed by atoms with Crippen LogP contribution in [0.15, 0.2) is 0 Å². The molecule has 0 aromatic rings. The second-order valence-corrected chi connectivity index (χ2v) is 2.61. The second kappa shape index (κ2) is 3.68. The number of carbonyl (C=O) groups excluding carboxylic acids is 1. The first-order valence-electron chi connectivity index (χ1n) is 2.25. The Bertz CT molecular complexity index is 158. The van der Waals surface area contributed by atoms with E-state index in [1.165, 1.54) is 0 Å². The Morgan fingerprint density at radius 2 is 2.10 bits per heavy atom. The lowest BCUT2D eigenvalue weighted by Crippen LogP contribution is -2.02. The Balaban J connectivity index is 3.39. The second-order valence-electron chi connectivity index (χ2n) is 1.37. The molecule has 0 spiro atoms. The van der Waals surface area contributed by atoms with Crippen LogP contribution >= 0.6 is 7.82 Å². The van der Waals surface area contributed by atoms with Crippen LogP contribution in [0.2, 0.25) is 0 Å². The number of ether oxygens (including phenoxy) is 1. The van der Waals surface area contributed by atoms with E-state index in [2.05, 4.69) is 9.26 Å². The van der Waals surface area contributed by atoms with Crippen molar-refractivity contribution in [2.24, 2.45) is 0 Å². The van der Waals surface area contributed by atoms with Crippen LogP contribution in [0.3, 0.4) is 0 Å². The van der Waals surface area contributed by atoms with Crippen molar-refractivity contribution >= 4 is 13.8 Å². The zero-order valence-corrected chi connectivity index (χ0v) is 6.08. The van der Waals surface area contributed by atoms with Gasteiger partial charge in [-0.1, -0.05) is 0 Å². The van der Waals surface area contributed by atoms with Gasteiger partial charge in [-0.3, -0.25) is 4.79 Å². The standard InChI is InChI=1S/C3H7O6P/c1-3(4)8-2-9-10(5,6)7/h2H2,1H3,(H2,5,6,7). The van der Waals surface area contributed by atoms with Crippen LogP contribution in [0.1, 0.15) is 6.92 Å². The van der Waals surface area contributed by atoms with Crippen molar-refractivity contribution in [3.8, 4) is 0 Å². The molecule has 0 radical (unpaired) electrons. The predicted octanol–water partition coefficient (Wildman–Crippen LogP) is -0.384. The smallest absolute Gasteiger partial charge is 0.438 e. The van der Waals surface area contributed by atoms with Crippen LogP contribution in [0.25, 0.3) is 0 Å². The highest BCUT2D eigenvalue weighted by atomic mass is 31.2. The van der Waals surface area contributed by atoms with Gasteiger partial charge in [0.25, 0.3) is 0 Å². The van der Waals surface area contributed by atoms with E-state index in [1.54, 1.807) is 0 Å². The first-order chi connectivity index (χ1) is 4.42. The summed E-state index contributed by atoms with van der Waals surface area (Å²) in [5.74, 6) is -0.659. The molecule has 0 aliphatic rings. The minimum Gasteiger partial charge on any atom is -0.438 e. The molecule has 10 heavy (non-hydrogen) atoms. The van der Waals surface area contributed by atoms with Gasteiger partial charge in [0.2, 0.25) is 6.79 Å². The van der Waals surface area contributed by atoms with Crippen LogP contribution in [-0.4, -0.2) is 22.5 Å². The molecule has 0 bridgehead atoms. The number of phosphoric acid groups is 1. The zero-order valence-electron chi connectivity index (χ0n) is 5.18. The number of hydrogen-bond acceptors (Lipinski definition) is 4. The molecule has 0 atom stereocenters. The Morgan fingerprint density at radius 1 is 1.60 bits per heavy atom. The zero-order chi connectivity index (χ0) is 8.20. The third kappa shape index (κ3) is 7.58. The number of phosphoric ester groups is 1. The summed E-state index contributed by atoms with van der Waals surface area (Å²) in [7, 11) is -4.50.